The molecule has 0 amide bonds. The first-order valence-corrected chi connectivity index (χ1v) is 8.92. The predicted molar refractivity (Wildman–Crippen MR) is 99.3 cm³/mol. The van der Waals surface area contributed by atoms with Crippen molar-refractivity contribution in [2.24, 2.45) is 17.3 Å². The minimum absolute atomic E-state index is 0.0422. The van der Waals surface area contributed by atoms with Gasteiger partial charge in [-0.1, -0.05) is 55.7 Å². The van der Waals surface area contributed by atoms with Crippen molar-refractivity contribution >= 4 is 5.78 Å². The van der Waals surface area contributed by atoms with Gasteiger partial charge in [-0.15, -0.1) is 6.58 Å². The number of carbonyl (C=O) groups excluding carboxylic acids is 1. The highest BCUT2D eigenvalue weighted by Gasteiger charge is 2.43. The lowest BCUT2D eigenvalue weighted by Crippen LogP contribution is -2.20. The van der Waals surface area contributed by atoms with Gasteiger partial charge in [0.05, 0.1) is 0 Å². The second kappa shape index (κ2) is 6.63. The maximum Gasteiger partial charge on any atom is 0.159 e. The van der Waals surface area contributed by atoms with E-state index in [1.165, 1.54) is 29.6 Å². The molecule has 0 spiro atoms. The quantitative estimate of drug-likeness (QED) is 0.535. The summed E-state index contributed by atoms with van der Waals surface area (Å²) in [6.45, 7) is 19.1. The van der Waals surface area contributed by atoms with Gasteiger partial charge in [-0.2, -0.15) is 0 Å². The molecule has 0 radical (unpaired) electrons. The molecule has 0 aromatic carbocycles. The lowest BCUT2D eigenvalue weighted by Gasteiger charge is -2.31. The fourth-order valence-electron chi connectivity index (χ4n) is 4.62. The average Bonchev–Trinajstić information content (AvgIpc) is 2.90. The standard InChI is InChI=1S/C22H32O/c1-8-9-19-21(15(4)5)20(23)13-22(19,7)12-18-16(6)10-11-17(18)14(2)3/h8,15,17H,1-2,9-13H2,3-7H3/t17-,22?/m0/s1. The summed E-state index contributed by atoms with van der Waals surface area (Å²) < 4.78 is 0. The Morgan fingerprint density at radius 2 is 2.09 bits per heavy atom. The number of Topliss-reactive ketones (excluding diaryl/α,β-unsaturated/α-hetero) is 1. The van der Waals surface area contributed by atoms with Crippen LogP contribution in [-0.2, 0) is 4.79 Å². The van der Waals surface area contributed by atoms with Crippen molar-refractivity contribution in [3.63, 3.8) is 0 Å². The van der Waals surface area contributed by atoms with Crippen LogP contribution in [0.5, 0.6) is 0 Å². The summed E-state index contributed by atoms with van der Waals surface area (Å²) in [4.78, 5) is 12.7. The van der Waals surface area contributed by atoms with Gasteiger partial charge >= 0.3 is 0 Å². The lowest BCUT2D eigenvalue weighted by molar-refractivity contribution is -0.116. The van der Waals surface area contributed by atoms with E-state index in [-0.39, 0.29) is 5.41 Å². The number of allylic oxidation sites excluding steroid dienone is 6. The minimum Gasteiger partial charge on any atom is -0.295 e. The Balaban J connectivity index is 2.41. The molecule has 0 saturated heterocycles. The van der Waals surface area contributed by atoms with Gasteiger partial charge < -0.3 is 0 Å². The van der Waals surface area contributed by atoms with Crippen molar-refractivity contribution in [3.8, 4) is 0 Å². The van der Waals surface area contributed by atoms with E-state index in [0.717, 1.165) is 18.4 Å². The van der Waals surface area contributed by atoms with Crippen LogP contribution in [0.15, 0.2) is 47.1 Å². The largest absolute Gasteiger partial charge is 0.295 e. The monoisotopic (exact) mass is 312 g/mol. The van der Waals surface area contributed by atoms with Crippen molar-refractivity contribution in [2.45, 2.75) is 66.7 Å². The molecule has 1 heteroatoms. The van der Waals surface area contributed by atoms with Crippen LogP contribution in [0.4, 0.5) is 0 Å². The number of carbonyl (C=O) groups is 1. The van der Waals surface area contributed by atoms with Crippen molar-refractivity contribution in [1.29, 1.82) is 0 Å². The molecule has 2 aliphatic rings. The Labute approximate surface area is 142 Å². The Bertz CT molecular complexity index is 599. The van der Waals surface area contributed by atoms with Crippen LogP contribution in [-0.4, -0.2) is 5.78 Å². The molecule has 2 atom stereocenters. The number of rotatable bonds is 6. The summed E-state index contributed by atoms with van der Waals surface area (Å²) in [6.07, 6.45) is 6.82. The molecule has 0 fully saturated rings. The lowest BCUT2D eigenvalue weighted by atomic mass is 9.73. The second-order valence-electron chi connectivity index (χ2n) is 8.12. The minimum atomic E-state index is -0.0422. The van der Waals surface area contributed by atoms with E-state index in [1.807, 2.05) is 6.08 Å². The van der Waals surface area contributed by atoms with E-state index in [4.69, 9.17) is 0 Å². The number of ketones is 1. The van der Waals surface area contributed by atoms with E-state index >= 15 is 0 Å². The zero-order valence-corrected chi connectivity index (χ0v) is 15.6. The smallest absolute Gasteiger partial charge is 0.159 e. The van der Waals surface area contributed by atoms with Crippen LogP contribution in [0.1, 0.15) is 66.7 Å². The highest BCUT2D eigenvalue weighted by molar-refractivity contribution is 6.00. The summed E-state index contributed by atoms with van der Waals surface area (Å²) in [5.74, 6) is 1.16. The summed E-state index contributed by atoms with van der Waals surface area (Å²) in [5, 5.41) is 0. The fourth-order valence-corrected chi connectivity index (χ4v) is 4.62. The Morgan fingerprint density at radius 3 is 2.61 bits per heavy atom. The predicted octanol–water partition coefficient (Wildman–Crippen LogP) is 6.19. The number of hydrogen-bond acceptors (Lipinski definition) is 1. The van der Waals surface area contributed by atoms with Crippen LogP contribution in [0.25, 0.3) is 0 Å². The van der Waals surface area contributed by atoms with E-state index in [9.17, 15) is 4.79 Å². The molecular formula is C22H32O. The molecule has 2 aliphatic carbocycles. The van der Waals surface area contributed by atoms with Gasteiger partial charge in [-0.25, -0.2) is 0 Å². The molecule has 2 rings (SSSR count). The van der Waals surface area contributed by atoms with Gasteiger partial charge in [0.15, 0.2) is 5.78 Å². The molecule has 0 N–H and O–H groups in total. The molecule has 126 valence electrons. The molecule has 0 aromatic rings. The first-order chi connectivity index (χ1) is 10.7. The van der Waals surface area contributed by atoms with E-state index < -0.39 is 0 Å². The van der Waals surface area contributed by atoms with Crippen molar-refractivity contribution < 1.29 is 4.79 Å². The third-order valence-corrected chi connectivity index (χ3v) is 5.78. The fraction of sp³-hybridized carbons (Fsp3) is 0.591. The number of hydrogen-bond donors (Lipinski definition) is 0. The SMILES string of the molecule is C=CCC1=C(C(C)C)C(=O)CC1(C)CC1=C(C)CC[C@H]1C(=C)C. The molecule has 0 aromatic heterocycles. The second-order valence-corrected chi connectivity index (χ2v) is 8.12. The molecule has 1 nitrogen and oxygen atoms in total. The summed E-state index contributed by atoms with van der Waals surface area (Å²) in [5.41, 5.74) is 6.68. The first-order valence-electron chi connectivity index (χ1n) is 8.92. The molecule has 1 unspecified atom stereocenters. The van der Waals surface area contributed by atoms with Crippen molar-refractivity contribution in [3.05, 3.63) is 47.1 Å². The molecule has 0 bridgehead atoms. The van der Waals surface area contributed by atoms with E-state index in [0.29, 0.717) is 24.0 Å². The maximum atomic E-state index is 12.7. The third-order valence-electron chi connectivity index (χ3n) is 5.78. The molecule has 0 aliphatic heterocycles. The first kappa shape index (κ1) is 18.0. The van der Waals surface area contributed by atoms with Gasteiger partial charge in [0.1, 0.15) is 0 Å². The zero-order valence-electron chi connectivity index (χ0n) is 15.6. The molecule has 23 heavy (non-hydrogen) atoms. The van der Waals surface area contributed by atoms with Gasteiger partial charge in [0, 0.05) is 17.8 Å². The van der Waals surface area contributed by atoms with Gasteiger partial charge in [0.2, 0.25) is 0 Å². The van der Waals surface area contributed by atoms with Crippen LogP contribution in [0.3, 0.4) is 0 Å². The Kier molecular flexibility index (Phi) is 5.18. The highest BCUT2D eigenvalue weighted by Crippen LogP contribution is 2.52. The van der Waals surface area contributed by atoms with Crippen LogP contribution in [0, 0.1) is 17.3 Å². The Hall–Kier alpha value is -1.37. The molecular weight excluding hydrogens is 280 g/mol. The van der Waals surface area contributed by atoms with Crippen molar-refractivity contribution in [1.82, 2.24) is 0 Å². The maximum absolute atomic E-state index is 12.7. The average molecular weight is 312 g/mol. The van der Waals surface area contributed by atoms with Crippen LogP contribution >= 0.6 is 0 Å². The van der Waals surface area contributed by atoms with E-state index in [1.54, 1.807) is 5.57 Å². The van der Waals surface area contributed by atoms with Crippen LogP contribution in [0.2, 0.25) is 0 Å². The molecule has 0 heterocycles. The van der Waals surface area contributed by atoms with Gasteiger partial charge in [-0.05, 0) is 51.0 Å². The van der Waals surface area contributed by atoms with Crippen LogP contribution < -0.4 is 0 Å². The van der Waals surface area contributed by atoms with Crippen molar-refractivity contribution in [2.75, 3.05) is 0 Å². The third kappa shape index (κ3) is 3.29. The van der Waals surface area contributed by atoms with Gasteiger partial charge in [0.25, 0.3) is 0 Å². The summed E-state index contributed by atoms with van der Waals surface area (Å²) >= 11 is 0. The summed E-state index contributed by atoms with van der Waals surface area (Å²) in [7, 11) is 0. The van der Waals surface area contributed by atoms with E-state index in [2.05, 4.69) is 47.8 Å². The normalized spacial score (nSPS) is 28.3. The zero-order chi connectivity index (χ0) is 17.4. The Morgan fingerprint density at radius 1 is 1.43 bits per heavy atom. The molecule has 0 saturated carbocycles. The van der Waals surface area contributed by atoms with Gasteiger partial charge in [-0.3, -0.25) is 4.79 Å². The topological polar surface area (TPSA) is 17.1 Å². The highest BCUT2D eigenvalue weighted by atomic mass is 16.1. The summed E-state index contributed by atoms with van der Waals surface area (Å²) in [6, 6.07) is 0.